The topological polar surface area (TPSA) is 37.4 Å². The Bertz CT molecular complexity index is 384. The van der Waals surface area contributed by atoms with Crippen LogP contribution in [0.2, 0.25) is 0 Å². The van der Waals surface area contributed by atoms with Crippen LogP contribution in [0.3, 0.4) is 0 Å². The molecule has 2 fully saturated rings. The second kappa shape index (κ2) is 7.81. The van der Waals surface area contributed by atoms with E-state index in [2.05, 4.69) is 15.2 Å². The van der Waals surface area contributed by atoms with Crippen molar-refractivity contribution in [3.63, 3.8) is 0 Å². The third-order valence-electron chi connectivity index (χ3n) is 4.16. The first kappa shape index (κ1) is 15.5. The highest BCUT2D eigenvalue weighted by Crippen LogP contribution is 2.20. The fourth-order valence-electron chi connectivity index (χ4n) is 3.10. The molecule has 5 heteroatoms. The van der Waals surface area contributed by atoms with Crippen molar-refractivity contribution in [2.24, 2.45) is 5.92 Å². The monoisotopic (exact) mass is 297 g/mol. The summed E-state index contributed by atoms with van der Waals surface area (Å²) in [4.78, 5) is 6.59. The Morgan fingerprint density at radius 2 is 1.95 bits per heavy atom. The number of hydrogen-bond acceptors (Lipinski definition) is 4. The number of hydrogen-bond donors (Lipinski definition) is 1. The smallest absolute Gasteiger partial charge is 0.122 e. The van der Waals surface area contributed by atoms with Crippen LogP contribution in [0.5, 0.6) is 5.75 Å². The molecule has 1 N–H and O–H groups in total. The molecule has 3 rings (SSSR count). The molecule has 0 saturated carbocycles. The number of aromatic nitrogens is 1. The maximum Gasteiger partial charge on any atom is 0.122 e. The molecule has 2 aliphatic rings. The minimum Gasteiger partial charge on any atom is -0.489 e. The van der Waals surface area contributed by atoms with Gasteiger partial charge < -0.3 is 10.1 Å². The van der Waals surface area contributed by atoms with Crippen molar-refractivity contribution in [2.45, 2.75) is 25.4 Å². The van der Waals surface area contributed by atoms with Crippen LogP contribution in [0, 0.1) is 5.92 Å². The first-order chi connectivity index (χ1) is 9.40. The zero-order valence-corrected chi connectivity index (χ0v) is 12.6. The Morgan fingerprint density at radius 1 is 1.20 bits per heavy atom. The molecule has 0 amide bonds. The quantitative estimate of drug-likeness (QED) is 0.922. The van der Waals surface area contributed by atoms with Crippen LogP contribution in [-0.4, -0.2) is 48.7 Å². The summed E-state index contributed by atoms with van der Waals surface area (Å²) in [5, 5.41) is 3.43. The summed E-state index contributed by atoms with van der Waals surface area (Å²) in [5.74, 6) is 1.82. The van der Waals surface area contributed by atoms with Crippen LogP contribution in [0.4, 0.5) is 0 Å². The zero-order chi connectivity index (χ0) is 12.9. The minimum atomic E-state index is 0. The Labute approximate surface area is 127 Å². The van der Waals surface area contributed by atoms with E-state index < -0.39 is 0 Å². The van der Waals surface area contributed by atoms with Crippen LogP contribution in [0.1, 0.15) is 19.3 Å². The number of pyridine rings is 1. The van der Waals surface area contributed by atoms with Gasteiger partial charge in [-0.05, 0) is 50.4 Å². The van der Waals surface area contributed by atoms with Crippen molar-refractivity contribution in [1.29, 1.82) is 0 Å². The number of ether oxygens (including phenoxy) is 1. The summed E-state index contributed by atoms with van der Waals surface area (Å²) in [6.07, 6.45) is 7.73. The lowest BCUT2D eigenvalue weighted by atomic mass is 9.98. The van der Waals surface area contributed by atoms with E-state index in [1.807, 2.05) is 12.1 Å². The molecule has 2 saturated heterocycles. The number of piperidine rings is 1. The highest BCUT2D eigenvalue weighted by Gasteiger charge is 2.26. The van der Waals surface area contributed by atoms with Gasteiger partial charge in [-0.1, -0.05) is 0 Å². The van der Waals surface area contributed by atoms with Gasteiger partial charge in [0.1, 0.15) is 11.9 Å². The van der Waals surface area contributed by atoms with Gasteiger partial charge in [0.15, 0.2) is 0 Å². The average Bonchev–Trinajstić information content (AvgIpc) is 2.88. The van der Waals surface area contributed by atoms with E-state index in [-0.39, 0.29) is 12.4 Å². The van der Waals surface area contributed by atoms with Crippen molar-refractivity contribution < 1.29 is 4.74 Å². The summed E-state index contributed by atoms with van der Waals surface area (Å²) < 4.78 is 6.00. The Hall–Kier alpha value is -0.840. The summed E-state index contributed by atoms with van der Waals surface area (Å²) >= 11 is 0. The molecule has 0 bridgehead atoms. The molecule has 3 heterocycles. The minimum absolute atomic E-state index is 0. The van der Waals surface area contributed by atoms with Gasteiger partial charge in [-0.25, -0.2) is 0 Å². The molecule has 112 valence electrons. The lowest BCUT2D eigenvalue weighted by Gasteiger charge is -2.27. The predicted octanol–water partition coefficient (Wildman–Crippen LogP) is 1.96. The van der Waals surface area contributed by atoms with Gasteiger partial charge in [0.05, 0.1) is 0 Å². The van der Waals surface area contributed by atoms with E-state index in [4.69, 9.17) is 4.74 Å². The van der Waals surface area contributed by atoms with E-state index >= 15 is 0 Å². The normalized spacial score (nSPS) is 24.3. The molecule has 0 aromatic carbocycles. The maximum atomic E-state index is 6.00. The van der Waals surface area contributed by atoms with E-state index in [0.29, 0.717) is 6.10 Å². The van der Waals surface area contributed by atoms with Crippen molar-refractivity contribution in [3.05, 3.63) is 24.5 Å². The van der Waals surface area contributed by atoms with Gasteiger partial charge in [0.2, 0.25) is 0 Å². The van der Waals surface area contributed by atoms with Crippen molar-refractivity contribution in [3.8, 4) is 5.75 Å². The molecule has 1 aromatic rings. The van der Waals surface area contributed by atoms with Gasteiger partial charge >= 0.3 is 0 Å². The van der Waals surface area contributed by atoms with Gasteiger partial charge in [0.25, 0.3) is 0 Å². The van der Waals surface area contributed by atoms with Crippen molar-refractivity contribution in [2.75, 3.05) is 32.7 Å². The number of nitrogens with zero attached hydrogens (tertiary/aromatic N) is 2. The van der Waals surface area contributed by atoms with Crippen LogP contribution in [-0.2, 0) is 0 Å². The molecular formula is C15H24ClN3O. The third kappa shape index (κ3) is 4.33. The Morgan fingerprint density at radius 3 is 2.70 bits per heavy atom. The molecular weight excluding hydrogens is 274 g/mol. The van der Waals surface area contributed by atoms with E-state index in [1.54, 1.807) is 12.4 Å². The number of rotatable bonds is 4. The fourth-order valence-corrected chi connectivity index (χ4v) is 3.10. The van der Waals surface area contributed by atoms with Gasteiger partial charge in [-0.15, -0.1) is 12.4 Å². The van der Waals surface area contributed by atoms with E-state index in [9.17, 15) is 0 Å². The summed E-state index contributed by atoms with van der Waals surface area (Å²) in [6.45, 7) is 5.88. The maximum absolute atomic E-state index is 6.00. The van der Waals surface area contributed by atoms with E-state index in [1.165, 1.54) is 39.0 Å². The molecule has 20 heavy (non-hydrogen) atoms. The largest absolute Gasteiger partial charge is 0.489 e. The molecule has 0 radical (unpaired) electrons. The second-order valence-corrected chi connectivity index (χ2v) is 5.66. The lowest BCUT2D eigenvalue weighted by Crippen LogP contribution is -2.36. The van der Waals surface area contributed by atoms with Gasteiger partial charge in [-0.2, -0.15) is 0 Å². The van der Waals surface area contributed by atoms with Crippen LogP contribution < -0.4 is 10.1 Å². The highest BCUT2D eigenvalue weighted by molar-refractivity contribution is 5.85. The predicted molar refractivity (Wildman–Crippen MR) is 82.6 cm³/mol. The summed E-state index contributed by atoms with van der Waals surface area (Å²) in [7, 11) is 0. The number of likely N-dealkylation sites (tertiary alicyclic amines) is 1. The number of nitrogens with one attached hydrogen (secondary N) is 1. The van der Waals surface area contributed by atoms with Crippen LogP contribution >= 0.6 is 12.4 Å². The zero-order valence-electron chi connectivity index (χ0n) is 11.8. The first-order valence-electron chi connectivity index (χ1n) is 7.40. The molecule has 1 aromatic heterocycles. The molecule has 0 aliphatic carbocycles. The fraction of sp³-hybridized carbons (Fsp3) is 0.667. The lowest BCUT2D eigenvalue weighted by molar-refractivity contribution is 0.183. The van der Waals surface area contributed by atoms with E-state index in [0.717, 1.165) is 24.6 Å². The molecule has 0 unspecified atom stereocenters. The van der Waals surface area contributed by atoms with Crippen LogP contribution in [0.15, 0.2) is 24.5 Å². The van der Waals surface area contributed by atoms with Crippen LogP contribution in [0.25, 0.3) is 0 Å². The van der Waals surface area contributed by atoms with Crippen molar-refractivity contribution in [1.82, 2.24) is 15.2 Å². The molecule has 4 nitrogen and oxygen atoms in total. The van der Waals surface area contributed by atoms with Crippen molar-refractivity contribution >= 4 is 12.4 Å². The number of halogens is 1. The summed E-state index contributed by atoms with van der Waals surface area (Å²) in [6, 6.07) is 3.88. The molecule has 1 atom stereocenters. The summed E-state index contributed by atoms with van der Waals surface area (Å²) in [5.41, 5.74) is 0. The Balaban J connectivity index is 0.00000147. The molecule has 0 spiro atoms. The second-order valence-electron chi connectivity index (χ2n) is 5.66. The SMILES string of the molecule is Cl.c1cc(O[C@@H]2CCN(CC3CCNCC3)C2)ccn1. The molecule has 2 aliphatic heterocycles. The highest BCUT2D eigenvalue weighted by atomic mass is 35.5. The average molecular weight is 298 g/mol. The standard InChI is InChI=1S/C15H23N3O.ClH/c1-6-16-7-2-13(1)11-18-10-5-15(12-18)19-14-3-8-17-9-4-14;/h3-4,8-9,13,15-16H,1-2,5-7,10-12H2;1H/t15-;/m1./s1. The first-order valence-corrected chi connectivity index (χ1v) is 7.40. The third-order valence-corrected chi connectivity index (χ3v) is 4.16. The van der Waals surface area contributed by atoms with Gasteiger partial charge in [-0.3, -0.25) is 9.88 Å². The van der Waals surface area contributed by atoms with Gasteiger partial charge in [0, 0.05) is 32.0 Å². The Kier molecular flexibility index (Phi) is 6.07.